The van der Waals surface area contributed by atoms with Crippen LogP contribution in [0.25, 0.3) is 10.9 Å². The number of hydrogen-bond donors (Lipinski definition) is 1. The van der Waals surface area contributed by atoms with Gasteiger partial charge in [-0.2, -0.15) is 0 Å². The monoisotopic (exact) mass is 302 g/mol. The van der Waals surface area contributed by atoms with Gasteiger partial charge < -0.3 is 10.0 Å². The number of pyridine rings is 1. The summed E-state index contributed by atoms with van der Waals surface area (Å²) >= 11 is 0. The summed E-state index contributed by atoms with van der Waals surface area (Å²) in [5.74, 6) is -1.75. The summed E-state index contributed by atoms with van der Waals surface area (Å²) < 4.78 is 13.2. The zero-order valence-electron chi connectivity index (χ0n) is 12.0. The number of aliphatic carboxylic acids is 1. The van der Waals surface area contributed by atoms with Crippen LogP contribution in [0.1, 0.15) is 28.9 Å². The molecule has 0 spiro atoms. The molecule has 5 nitrogen and oxygen atoms in total. The van der Waals surface area contributed by atoms with Crippen LogP contribution in [0.15, 0.2) is 24.3 Å². The van der Waals surface area contributed by atoms with Gasteiger partial charge in [-0.05, 0) is 38.0 Å². The minimum Gasteiger partial charge on any atom is -0.480 e. The second-order valence-electron chi connectivity index (χ2n) is 5.52. The van der Waals surface area contributed by atoms with Gasteiger partial charge in [0.15, 0.2) is 0 Å². The molecule has 1 N–H and O–H groups in total. The highest BCUT2D eigenvalue weighted by molar-refractivity contribution is 6.00. The van der Waals surface area contributed by atoms with E-state index in [0.29, 0.717) is 22.2 Å². The molecule has 114 valence electrons. The molecule has 2 aromatic rings. The SMILES string of the molecule is Cc1nc2cc(F)ccc2cc1C(=O)N(CC(=O)O)C1CC1. The number of carboxylic acids is 1. The summed E-state index contributed by atoms with van der Waals surface area (Å²) in [6.45, 7) is 1.35. The Bertz CT molecular complexity index is 771. The first-order valence-electron chi connectivity index (χ1n) is 7.05. The van der Waals surface area contributed by atoms with Crippen LogP contribution in [0.4, 0.5) is 4.39 Å². The summed E-state index contributed by atoms with van der Waals surface area (Å²) in [6, 6.07) is 5.83. The fraction of sp³-hybridized carbons (Fsp3) is 0.312. The Morgan fingerprint density at radius 2 is 2.09 bits per heavy atom. The number of nitrogens with zero attached hydrogens (tertiary/aromatic N) is 2. The van der Waals surface area contributed by atoms with Crippen molar-refractivity contribution in [1.29, 1.82) is 0 Å². The second-order valence-corrected chi connectivity index (χ2v) is 5.52. The molecule has 6 heteroatoms. The van der Waals surface area contributed by atoms with Crippen LogP contribution in [-0.4, -0.2) is 39.5 Å². The van der Waals surface area contributed by atoms with Crippen molar-refractivity contribution in [2.24, 2.45) is 0 Å². The van der Waals surface area contributed by atoms with Crippen LogP contribution in [0.3, 0.4) is 0 Å². The minimum atomic E-state index is -1.03. The predicted molar refractivity (Wildman–Crippen MR) is 78.1 cm³/mol. The van der Waals surface area contributed by atoms with Crippen molar-refractivity contribution in [3.05, 3.63) is 41.3 Å². The average Bonchev–Trinajstić information content (AvgIpc) is 3.27. The van der Waals surface area contributed by atoms with Gasteiger partial charge in [-0.3, -0.25) is 14.6 Å². The Balaban J connectivity index is 2.00. The molecule has 1 aliphatic rings. The van der Waals surface area contributed by atoms with E-state index in [0.717, 1.165) is 12.8 Å². The summed E-state index contributed by atoms with van der Waals surface area (Å²) in [7, 11) is 0. The van der Waals surface area contributed by atoms with Crippen molar-refractivity contribution in [3.8, 4) is 0 Å². The molecule has 0 atom stereocenters. The van der Waals surface area contributed by atoms with E-state index in [-0.39, 0.29) is 24.3 Å². The van der Waals surface area contributed by atoms with E-state index in [1.807, 2.05) is 0 Å². The van der Waals surface area contributed by atoms with Crippen molar-refractivity contribution < 1.29 is 19.1 Å². The number of aromatic nitrogens is 1. The fourth-order valence-electron chi connectivity index (χ4n) is 2.51. The highest BCUT2D eigenvalue weighted by Crippen LogP contribution is 2.29. The number of benzene rings is 1. The highest BCUT2D eigenvalue weighted by atomic mass is 19.1. The molecule has 1 saturated carbocycles. The largest absolute Gasteiger partial charge is 0.480 e. The molecule has 1 amide bonds. The molecular weight excluding hydrogens is 287 g/mol. The molecule has 1 fully saturated rings. The molecule has 1 aromatic carbocycles. The lowest BCUT2D eigenvalue weighted by Crippen LogP contribution is -2.37. The number of carbonyl (C=O) groups is 2. The normalized spacial score (nSPS) is 14.1. The number of fused-ring (bicyclic) bond motifs is 1. The molecule has 22 heavy (non-hydrogen) atoms. The third-order valence-electron chi connectivity index (χ3n) is 3.75. The third-order valence-corrected chi connectivity index (χ3v) is 3.75. The standard InChI is InChI=1S/C16H15FN2O3/c1-9-13(6-10-2-3-11(17)7-14(10)18-9)16(22)19(8-15(20)21)12-4-5-12/h2-3,6-7,12H,4-5,8H2,1H3,(H,20,21). The lowest BCUT2D eigenvalue weighted by atomic mass is 10.1. The van der Waals surface area contributed by atoms with E-state index < -0.39 is 5.97 Å². The van der Waals surface area contributed by atoms with Crippen molar-refractivity contribution >= 4 is 22.8 Å². The van der Waals surface area contributed by atoms with E-state index in [4.69, 9.17) is 5.11 Å². The summed E-state index contributed by atoms with van der Waals surface area (Å²) in [5.41, 5.74) is 1.32. The molecule has 0 unspecified atom stereocenters. The van der Waals surface area contributed by atoms with Crippen LogP contribution < -0.4 is 0 Å². The van der Waals surface area contributed by atoms with Crippen LogP contribution in [0.5, 0.6) is 0 Å². The molecule has 0 radical (unpaired) electrons. The predicted octanol–water partition coefficient (Wildman–Crippen LogP) is 2.37. The van der Waals surface area contributed by atoms with E-state index >= 15 is 0 Å². The van der Waals surface area contributed by atoms with Gasteiger partial charge >= 0.3 is 5.97 Å². The Morgan fingerprint density at radius 1 is 1.36 bits per heavy atom. The molecule has 0 saturated heterocycles. The van der Waals surface area contributed by atoms with Gasteiger partial charge in [0.1, 0.15) is 12.4 Å². The van der Waals surface area contributed by atoms with E-state index in [1.54, 1.807) is 19.1 Å². The summed E-state index contributed by atoms with van der Waals surface area (Å²) in [4.78, 5) is 29.2. The van der Waals surface area contributed by atoms with Crippen LogP contribution in [-0.2, 0) is 4.79 Å². The van der Waals surface area contributed by atoms with Crippen LogP contribution in [0, 0.1) is 12.7 Å². The third kappa shape index (κ3) is 2.77. The van der Waals surface area contributed by atoms with Crippen LogP contribution in [0.2, 0.25) is 0 Å². The average molecular weight is 302 g/mol. The number of amides is 1. The first-order chi connectivity index (χ1) is 10.5. The van der Waals surface area contributed by atoms with Crippen molar-refractivity contribution in [3.63, 3.8) is 0 Å². The maximum absolute atomic E-state index is 13.2. The molecule has 1 heterocycles. The maximum atomic E-state index is 13.2. The van der Waals surface area contributed by atoms with Crippen LogP contribution >= 0.6 is 0 Å². The van der Waals surface area contributed by atoms with Gasteiger partial charge in [0.25, 0.3) is 5.91 Å². The topological polar surface area (TPSA) is 70.5 Å². The molecule has 3 rings (SSSR count). The Hall–Kier alpha value is -2.50. The smallest absolute Gasteiger partial charge is 0.323 e. The van der Waals surface area contributed by atoms with Crippen molar-refractivity contribution in [2.75, 3.05) is 6.54 Å². The van der Waals surface area contributed by atoms with Gasteiger partial charge in [-0.15, -0.1) is 0 Å². The first kappa shape index (κ1) is 14.4. The first-order valence-corrected chi connectivity index (χ1v) is 7.05. The number of hydrogen-bond acceptors (Lipinski definition) is 3. The maximum Gasteiger partial charge on any atom is 0.323 e. The Kier molecular flexibility index (Phi) is 3.52. The van der Waals surface area contributed by atoms with E-state index in [9.17, 15) is 14.0 Å². The molecular formula is C16H15FN2O3. The summed E-state index contributed by atoms with van der Waals surface area (Å²) in [5, 5.41) is 9.63. The highest BCUT2D eigenvalue weighted by Gasteiger charge is 2.35. The zero-order chi connectivity index (χ0) is 15.9. The number of carbonyl (C=O) groups excluding carboxylic acids is 1. The van der Waals surface area contributed by atoms with E-state index in [2.05, 4.69) is 4.98 Å². The number of carboxylic acid groups (broad SMARTS) is 1. The Labute approximate surface area is 126 Å². The second kappa shape index (κ2) is 5.36. The quantitative estimate of drug-likeness (QED) is 0.941. The van der Waals surface area contributed by atoms with Gasteiger partial charge in [0, 0.05) is 17.5 Å². The van der Waals surface area contributed by atoms with Crippen molar-refractivity contribution in [2.45, 2.75) is 25.8 Å². The molecule has 1 aliphatic carbocycles. The van der Waals surface area contributed by atoms with Gasteiger partial charge in [0.2, 0.25) is 0 Å². The van der Waals surface area contributed by atoms with E-state index in [1.165, 1.54) is 17.0 Å². The van der Waals surface area contributed by atoms with Gasteiger partial charge in [-0.25, -0.2) is 4.39 Å². The number of rotatable bonds is 4. The number of aryl methyl sites for hydroxylation is 1. The molecule has 0 bridgehead atoms. The Morgan fingerprint density at radius 3 is 2.73 bits per heavy atom. The molecule has 0 aliphatic heterocycles. The lowest BCUT2D eigenvalue weighted by molar-refractivity contribution is -0.137. The number of halogens is 1. The summed E-state index contributed by atoms with van der Waals surface area (Å²) in [6.07, 6.45) is 1.65. The zero-order valence-corrected chi connectivity index (χ0v) is 12.0. The lowest BCUT2D eigenvalue weighted by Gasteiger charge is -2.21. The minimum absolute atomic E-state index is 0.00749. The molecule has 1 aromatic heterocycles. The van der Waals surface area contributed by atoms with Gasteiger partial charge in [-0.1, -0.05) is 0 Å². The van der Waals surface area contributed by atoms with Crippen molar-refractivity contribution in [1.82, 2.24) is 9.88 Å². The fourth-order valence-corrected chi connectivity index (χ4v) is 2.51. The van der Waals surface area contributed by atoms with Gasteiger partial charge in [0.05, 0.1) is 16.8 Å².